The quantitative estimate of drug-likeness (QED) is 0.868. The van der Waals surface area contributed by atoms with Crippen LogP contribution in [0.2, 0.25) is 0 Å². The maximum absolute atomic E-state index is 11.7. The second-order valence-electron chi connectivity index (χ2n) is 4.88. The summed E-state index contributed by atoms with van der Waals surface area (Å²) in [5, 5.41) is 3.04. The number of carbonyl (C=O) groups excluding carboxylic acids is 1. The Kier molecular flexibility index (Phi) is 5.21. The normalized spacial score (nSPS) is 16.4. The van der Waals surface area contributed by atoms with Gasteiger partial charge in [-0.15, -0.1) is 0 Å². The number of benzene rings is 1. The molecule has 0 aromatic heterocycles. The summed E-state index contributed by atoms with van der Waals surface area (Å²) in [5.41, 5.74) is 1.10. The first kappa shape index (κ1) is 13.1. The summed E-state index contributed by atoms with van der Waals surface area (Å²) < 4.78 is 5.41. The Morgan fingerprint density at radius 3 is 2.61 bits per heavy atom. The van der Waals surface area contributed by atoms with Crippen molar-refractivity contribution in [2.45, 2.75) is 44.8 Å². The van der Waals surface area contributed by atoms with E-state index in [0.29, 0.717) is 12.6 Å². The number of carbonyl (C=O) groups is 1. The standard InChI is InChI=1S/C15H21NO2/c17-15(16-14-9-5-2-6-10-14)12-18-11-13-7-3-1-4-8-13/h1,3-4,7-8,14H,2,5-6,9-12H2,(H,16,17). The van der Waals surface area contributed by atoms with E-state index in [1.165, 1.54) is 19.3 Å². The molecular weight excluding hydrogens is 226 g/mol. The van der Waals surface area contributed by atoms with Crippen LogP contribution in [0.15, 0.2) is 30.3 Å². The zero-order valence-electron chi connectivity index (χ0n) is 10.7. The van der Waals surface area contributed by atoms with Crippen molar-refractivity contribution >= 4 is 5.91 Å². The van der Waals surface area contributed by atoms with E-state index < -0.39 is 0 Å². The molecule has 0 spiro atoms. The van der Waals surface area contributed by atoms with Crippen LogP contribution in [0.4, 0.5) is 0 Å². The average molecular weight is 247 g/mol. The van der Waals surface area contributed by atoms with Gasteiger partial charge in [-0.3, -0.25) is 4.79 Å². The summed E-state index contributed by atoms with van der Waals surface area (Å²) >= 11 is 0. The van der Waals surface area contributed by atoms with Gasteiger partial charge in [0.15, 0.2) is 0 Å². The smallest absolute Gasteiger partial charge is 0.246 e. The molecule has 1 aliphatic rings. The molecule has 0 atom stereocenters. The largest absolute Gasteiger partial charge is 0.367 e. The third kappa shape index (κ3) is 4.49. The number of rotatable bonds is 5. The van der Waals surface area contributed by atoms with Gasteiger partial charge in [0.25, 0.3) is 0 Å². The van der Waals surface area contributed by atoms with Gasteiger partial charge in [-0.05, 0) is 18.4 Å². The number of amides is 1. The van der Waals surface area contributed by atoms with Gasteiger partial charge in [0.1, 0.15) is 6.61 Å². The molecule has 0 heterocycles. The number of nitrogens with one attached hydrogen (secondary N) is 1. The van der Waals surface area contributed by atoms with Crippen LogP contribution in [0.3, 0.4) is 0 Å². The Morgan fingerprint density at radius 2 is 1.89 bits per heavy atom. The summed E-state index contributed by atoms with van der Waals surface area (Å²) in [4.78, 5) is 11.7. The van der Waals surface area contributed by atoms with Gasteiger partial charge in [0.05, 0.1) is 6.61 Å². The van der Waals surface area contributed by atoms with E-state index >= 15 is 0 Å². The van der Waals surface area contributed by atoms with Gasteiger partial charge in [0, 0.05) is 6.04 Å². The van der Waals surface area contributed by atoms with Crippen LogP contribution >= 0.6 is 0 Å². The highest BCUT2D eigenvalue weighted by Gasteiger charge is 2.15. The fraction of sp³-hybridized carbons (Fsp3) is 0.533. The lowest BCUT2D eigenvalue weighted by Crippen LogP contribution is -2.38. The van der Waals surface area contributed by atoms with Crippen LogP contribution in [0, 0.1) is 0 Å². The van der Waals surface area contributed by atoms with Crippen molar-refractivity contribution in [3.05, 3.63) is 35.9 Å². The molecule has 18 heavy (non-hydrogen) atoms. The Labute approximate surface area is 109 Å². The zero-order chi connectivity index (χ0) is 12.6. The van der Waals surface area contributed by atoms with Gasteiger partial charge in [-0.1, -0.05) is 49.6 Å². The molecule has 3 nitrogen and oxygen atoms in total. The molecule has 0 radical (unpaired) electrons. The highest BCUT2D eigenvalue weighted by atomic mass is 16.5. The Hall–Kier alpha value is -1.35. The first-order valence-electron chi connectivity index (χ1n) is 6.75. The first-order chi connectivity index (χ1) is 8.84. The maximum atomic E-state index is 11.7. The SMILES string of the molecule is O=C(COCc1ccccc1)NC1CCCCC1. The van der Waals surface area contributed by atoms with E-state index in [0.717, 1.165) is 18.4 Å². The molecule has 1 aromatic rings. The molecule has 0 bridgehead atoms. The molecular formula is C15H21NO2. The van der Waals surface area contributed by atoms with Crippen LogP contribution in [-0.2, 0) is 16.1 Å². The first-order valence-corrected chi connectivity index (χ1v) is 6.75. The summed E-state index contributed by atoms with van der Waals surface area (Å²) in [5.74, 6) is 0.0119. The van der Waals surface area contributed by atoms with Crippen molar-refractivity contribution in [3.63, 3.8) is 0 Å². The lowest BCUT2D eigenvalue weighted by atomic mass is 9.95. The van der Waals surface area contributed by atoms with Crippen molar-refractivity contribution in [1.82, 2.24) is 5.32 Å². The second kappa shape index (κ2) is 7.17. The summed E-state index contributed by atoms with van der Waals surface area (Å²) in [7, 11) is 0. The minimum absolute atomic E-state index is 0.0119. The Balaban J connectivity index is 1.62. The van der Waals surface area contributed by atoms with Gasteiger partial charge < -0.3 is 10.1 Å². The highest BCUT2D eigenvalue weighted by molar-refractivity contribution is 5.77. The van der Waals surface area contributed by atoms with E-state index in [1.807, 2.05) is 30.3 Å². The second-order valence-corrected chi connectivity index (χ2v) is 4.88. The zero-order valence-corrected chi connectivity index (χ0v) is 10.7. The van der Waals surface area contributed by atoms with E-state index in [2.05, 4.69) is 5.32 Å². The summed E-state index contributed by atoms with van der Waals surface area (Å²) in [6.45, 7) is 0.657. The topological polar surface area (TPSA) is 38.3 Å². The van der Waals surface area contributed by atoms with Crippen molar-refractivity contribution in [3.8, 4) is 0 Å². The maximum Gasteiger partial charge on any atom is 0.246 e. The van der Waals surface area contributed by atoms with Crippen molar-refractivity contribution in [2.24, 2.45) is 0 Å². The molecule has 3 heteroatoms. The third-order valence-electron chi connectivity index (χ3n) is 3.31. The minimum atomic E-state index is 0.0119. The molecule has 2 rings (SSSR count). The van der Waals surface area contributed by atoms with Crippen molar-refractivity contribution in [1.29, 1.82) is 0 Å². The van der Waals surface area contributed by atoms with Crippen molar-refractivity contribution < 1.29 is 9.53 Å². The molecule has 0 saturated heterocycles. The lowest BCUT2D eigenvalue weighted by Gasteiger charge is -2.22. The monoisotopic (exact) mass is 247 g/mol. The van der Waals surface area contributed by atoms with Crippen LogP contribution in [0.1, 0.15) is 37.7 Å². The van der Waals surface area contributed by atoms with E-state index in [1.54, 1.807) is 0 Å². The highest BCUT2D eigenvalue weighted by Crippen LogP contribution is 2.17. The molecule has 0 unspecified atom stereocenters. The molecule has 1 fully saturated rings. The molecule has 1 aliphatic carbocycles. The van der Waals surface area contributed by atoms with E-state index in [9.17, 15) is 4.79 Å². The molecule has 1 amide bonds. The third-order valence-corrected chi connectivity index (χ3v) is 3.31. The Morgan fingerprint density at radius 1 is 1.17 bits per heavy atom. The fourth-order valence-corrected chi connectivity index (χ4v) is 2.35. The van der Waals surface area contributed by atoms with Gasteiger partial charge in [0.2, 0.25) is 5.91 Å². The molecule has 98 valence electrons. The molecule has 1 saturated carbocycles. The molecule has 1 N–H and O–H groups in total. The minimum Gasteiger partial charge on any atom is -0.367 e. The summed E-state index contributed by atoms with van der Waals surface area (Å²) in [6, 6.07) is 10.3. The fourth-order valence-electron chi connectivity index (χ4n) is 2.35. The summed E-state index contributed by atoms with van der Waals surface area (Å²) in [6.07, 6.45) is 6.00. The van der Waals surface area contributed by atoms with Crippen LogP contribution < -0.4 is 5.32 Å². The van der Waals surface area contributed by atoms with Gasteiger partial charge in [-0.25, -0.2) is 0 Å². The lowest BCUT2D eigenvalue weighted by molar-refractivity contribution is -0.127. The molecule has 1 aromatic carbocycles. The predicted octanol–water partition coefficient (Wildman–Crippen LogP) is 2.65. The molecule has 0 aliphatic heterocycles. The van der Waals surface area contributed by atoms with E-state index in [-0.39, 0.29) is 12.5 Å². The number of hydrogen-bond acceptors (Lipinski definition) is 2. The van der Waals surface area contributed by atoms with Crippen LogP contribution in [0.25, 0.3) is 0 Å². The number of hydrogen-bond donors (Lipinski definition) is 1. The van der Waals surface area contributed by atoms with E-state index in [4.69, 9.17) is 4.74 Å². The van der Waals surface area contributed by atoms with Crippen molar-refractivity contribution in [2.75, 3.05) is 6.61 Å². The van der Waals surface area contributed by atoms with Gasteiger partial charge >= 0.3 is 0 Å². The van der Waals surface area contributed by atoms with Crippen LogP contribution in [0.5, 0.6) is 0 Å². The van der Waals surface area contributed by atoms with Gasteiger partial charge in [-0.2, -0.15) is 0 Å². The Bertz CT molecular complexity index is 358. The average Bonchev–Trinajstić information content (AvgIpc) is 2.41. The predicted molar refractivity (Wildman–Crippen MR) is 71.1 cm³/mol. The van der Waals surface area contributed by atoms with Crippen LogP contribution in [-0.4, -0.2) is 18.6 Å². The number of ether oxygens (including phenoxy) is 1.